The molecule has 1 atom stereocenters. The Balaban J connectivity index is 3.35. The highest BCUT2D eigenvalue weighted by molar-refractivity contribution is 5.64. The lowest BCUT2D eigenvalue weighted by Gasteiger charge is -1.94. The van der Waals surface area contributed by atoms with Gasteiger partial charge in [0, 0.05) is 0 Å². The summed E-state index contributed by atoms with van der Waals surface area (Å²) in [5.41, 5.74) is 0. The standard InChI is InChI=1S/C5H8O3/c6-3-1-2-5(8)4-7/h1-3,5,7-8H,4H2/b2-1+. The molecule has 2 N–H and O–H groups in total. The van der Waals surface area contributed by atoms with Gasteiger partial charge in [-0.3, -0.25) is 4.79 Å². The first kappa shape index (κ1) is 7.33. The maximum Gasteiger partial charge on any atom is 0.142 e. The van der Waals surface area contributed by atoms with E-state index in [-0.39, 0.29) is 6.61 Å². The third kappa shape index (κ3) is 3.52. The Morgan fingerprint density at radius 2 is 2.25 bits per heavy atom. The number of aliphatic hydroxyl groups excluding tert-OH is 2. The zero-order valence-electron chi connectivity index (χ0n) is 4.32. The van der Waals surface area contributed by atoms with Gasteiger partial charge in [0.05, 0.1) is 12.7 Å². The van der Waals surface area contributed by atoms with Gasteiger partial charge in [0.2, 0.25) is 0 Å². The minimum absolute atomic E-state index is 0.343. The van der Waals surface area contributed by atoms with Crippen molar-refractivity contribution < 1.29 is 15.0 Å². The molecular weight excluding hydrogens is 108 g/mol. The van der Waals surface area contributed by atoms with Gasteiger partial charge in [-0.25, -0.2) is 0 Å². The van der Waals surface area contributed by atoms with E-state index in [1.54, 1.807) is 0 Å². The van der Waals surface area contributed by atoms with Gasteiger partial charge >= 0.3 is 0 Å². The minimum atomic E-state index is -0.903. The molecule has 8 heavy (non-hydrogen) atoms. The monoisotopic (exact) mass is 116 g/mol. The fraction of sp³-hybridized carbons (Fsp3) is 0.400. The molecule has 0 rings (SSSR count). The maximum atomic E-state index is 9.55. The van der Waals surface area contributed by atoms with Crippen LogP contribution in [-0.2, 0) is 4.79 Å². The van der Waals surface area contributed by atoms with Crippen molar-refractivity contribution in [1.29, 1.82) is 0 Å². The normalized spacial score (nSPS) is 14.2. The smallest absolute Gasteiger partial charge is 0.142 e. The second kappa shape index (κ2) is 4.49. The van der Waals surface area contributed by atoms with E-state index in [2.05, 4.69) is 0 Å². The molecule has 0 heterocycles. The Kier molecular flexibility index (Phi) is 4.11. The third-order valence-corrected chi connectivity index (χ3v) is 0.599. The SMILES string of the molecule is O=C/C=C/C(O)CO. The van der Waals surface area contributed by atoms with Crippen molar-refractivity contribution in [3.8, 4) is 0 Å². The fourth-order valence-corrected chi connectivity index (χ4v) is 0.234. The number of hydrogen-bond acceptors (Lipinski definition) is 3. The molecule has 0 fully saturated rings. The van der Waals surface area contributed by atoms with Crippen molar-refractivity contribution in [2.45, 2.75) is 6.10 Å². The zero-order valence-corrected chi connectivity index (χ0v) is 4.32. The van der Waals surface area contributed by atoms with E-state index in [0.29, 0.717) is 6.29 Å². The summed E-state index contributed by atoms with van der Waals surface area (Å²) in [5, 5.41) is 16.6. The molecule has 0 aliphatic heterocycles. The Hall–Kier alpha value is -0.670. The topological polar surface area (TPSA) is 57.5 Å². The molecule has 0 aromatic carbocycles. The van der Waals surface area contributed by atoms with Gasteiger partial charge < -0.3 is 10.2 Å². The van der Waals surface area contributed by atoms with Crippen LogP contribution in [0.4, 0.5) is 0 Å². The number of rotatable bonds is 3. The number of aliphatic hydroxyl groups is 2. The highest BCUT2D eigenvalue weighted by Crippen LogP contribution is 1.79. The van der Waals surface area contributed by atoms with E-state index in [1.807, 2.05) is 0 Å². The summed E-state index contributed by atoms with van der Waals surface area (Å²) < 4.78 is 0. The van der Waals surface area contributed by atoms with Gasteiger partial charge in [0.1, 0.15) is 6.29 Å². The van der Waals surface area contributed by atoms with Crippen LogP contribution >= 0.6 is 0 Å². The van der Waals surface area contributed by atoms with Crippen LogP contribution in [0, 0.1) is 0 Å². The van der Waals surface area contributed by atoms with Crippen LogP contribution < -0.4 is 0 Å². The fourth-order valence-electron chi connectivity index (χ4n) is 0.234. The molecule has 3 nitrogen and oxygen atoms in total. The van der Waals surface area contributed by atoms with Gasteiger partial charge in [0.15, 0.2) is 0 Å². The Morgan fingerprint density at radius 1 is 1.62 bits per heavy atom. The summed E-state index contributed by atoms with van der Waals surface area (Å²) in [6.07, 6.45) is 1.99. The summed E-state index contributed by atoms with van der Waals surface area (Å²) in [7, 11) is 0. The highest BCUT2D eigenvalue weighted by Gasteiger charge is 1.90. The van der Waals surface area contributed by atoms with Crippen molar-refractivity contribution in [2.24, 2.45) is 0 Å². The van der Waals surface area contributed by atoms with Crippen LogP contribution in [0.1, 0.15) is 0 Å². The Bertz CT molecular complexity index is 87.7. The molecule has 0 bridgehead atoms. The van der Waals surface area contributed by atoms with Crippen LogP contribution in [0.15, 0.2) is 12.2 Å². The largest absolute Gasteiger partial charge is 0.393 e. The first-order valence-electron chi connectivity index (χ1n) is 2.22. The Labute approximate surface area is 47.3 Å². The van der Waals surface area contributed by atoms with Gasteiger partial charge in [-0.15, -0.1) is 0 Å². The van der Waals surface area contributed by atoms with Crippen LogP contribution in [-0.4, -0.2) is 29.2 Å². The predicted octanol–water partition coefficient (Wildman–Crippen LogP) is -0.905. The van der Waals surface area contributed by atoms with E-state index in [4.69, 9.17) is 10.2 Å². The van der Waals surface area contributed by atoms with Crippen molar-refractivity contribution in [2.75, 3.05) is 6.61 Å². The van der Waals surface area contributed by atoms with Gasteiger partial charge in [-0.05, 0) is 6.08 Å². The molecule has 0 spiro atoms. The van der Waals surface area contributed by atoms with Crippen molar-refractivity contribution in [3.63, 3.8) is 0 Å². The lowest BCUT2D eigenvalue weighted by molar-refractivity contribution is -0.104. The molecule has 3 heteroatoms. The number of carbonyl (C=O) groups is 1. The van der Waals surface area contributed by atoms with E-state index < -0.39 is 6.10 Å². The van der Waals surface area contributed by atoms with Gasteiger partial charge in [-0.2, -0.15) is 0 Å². The minimum Gasteiger partial charge on any atom is -0.393 e. The number of hydrogen-bond donors (Lipinski definition) is 2. The van der Waals surface area contributed by atoms with E-state index >= 15 is 0 Å². The van der Waals surface area contributed by atoms with Crippen LogP contribution in [0.2, 0.25) is 0 Å². The summed E-state index contributed by atoms with van der Waals surface area (Å²) in [4.78, 5) is 9.55. The predicted molar refractivity (Wildman–Crippen MR) is 28.3 cm³/mol. The third-order valence-electron chi connectivity index (χ3n) is 0.599. The maximum absolute atomic E-state index is 9.55. The van der Waals surface area contributed by atoms with Crippen LogP contribution in [0.5, 0.6) is 0 Å². The van der Waals surface area contributed by atoms with Crippen LogP contribution in [0.3, 0.4) is 0 Å². The van der Waals surface area contributed by atoms with Crippen molar-refractivity contribution in [1.82, 2.24) is 0 Å². The molecular formula is C5H8O3. The first-order chi connectivity index (χ1) is 3.81. The summed E-state index contributed by atoms with van der Waals surface area (Å²) in [6.45, 7) is -0.343. The molecule has 0 saturated carbocycles. The van der Waals surface area contributed by atoms with Crippen molar-refractivity contribution in [3.05, 3.63) is 12.2 Å². The molecule has 0 saturated heterocycles. The van der Waals surface area contributed by atoms with E-state index in [1.165, 1.54) is 6.08 Å². The summed E-state index contributed by atoms with van der Waals surface area (Å²) in [6, 6.07) is 0. The average molecular weight is 116 g/mol. The lowest BCUT2D eigenvalue weighted by atomic mass is 10.3. The molecule has 46 valence electrons. The summed E-state index contributed by atoms with van der Waals surface area (Å²) in [5.74, 6) is 0. The molecule has 0 aliphatic carbocycles. The number of allylic oxidation sites excluding steroid dienone is 1. The lowest BCUT2D eigenvalue weighted by Crippen LogP contribution is -2.06. The first-order valence-corrected chi connectivity index (χ1v) is 2.22. The van der Waals surface area contributed by atoms with E-state index in [0.717, 1.165) is 6.08 Å². The molecule has 0 aliphatic rings. The van der Waals surface area contributed by atoms with Crippen LogP contribution in [0.25, 0.3) is 0 Å². The number of carbonyl (C=O) groups excluding carboxylic acids is 1. The molecule has 0 aromatic heterocycles. The molecule has 0 amide bonds. The molecule has 1 unspecified atom stereocenters. The zero-order chi connectivity index (χ0) is 6.41. The molecule has 0 aromatic rings. The summed E-state index contributed by atoms with van der Waals surface area (Å²) >= 11 is 0. The average Bonchev–Trinajstić information content (AvgIpc) is 1.83. The number of aldehydes is 1. The quantitative estimate of drug-likeness (QED) is 0.371. The Morgan fingerprint density at radius 3 is 2.62 bits per heavy atom. The second-order valence-electron chi connectivity index (χ2n) is 1.27. The highest BCUT2D eigenvalue weighted by atomic mass is 16.3. The van der Waals surface area contributed by atoms with E-state index in [9.17, 15) is 4.79 Å². The van der Waals surface area contributed by atoms with Gasteiger partial charge in [0.25, 0.3) is 0 Å². The van der Waals surface area contributed by atoms with Gasteiger partial charge in [-0.1, -0.05) is 6.08 Å². The van der Waals surface area contributed by atoms with Crippen molar-refractivity contribution >= 4 is 6.29 Å². The second-order valence-corrected chi connectivity index (χ2v) is 1.27. The molecule has 0 radical (unpaired) electrons.